The van der Waals surface area contributed by atoms with Gasteiger partial charge < -0.3 is 10.6 Å². The number of aliphatic hydroxyl groups is 1. The minimum absolute atomic E-state index is 0.178. The number of hydrogen-bond acceptors (Lipinski definition) is 2. The molecule has 4 heteroatoms. The summed E-state index contributed by atoms with van der Waals surface area (Å²) in [5.74, 6) is -0.336. The molecular formula is C6H6N2O2. The van der Waals surface area contributed by atoms with Gasteiger partial charge in [-0.1, -0.05) is 6.08 Å². The number of aliphatic hydroxyl groups excluding tert-OH is 1. The van der Waals surface area contributed by atoms with E-state index in [1.165, 1.54) is 6.08 Å². The maximum absolute atomic E-state index is 10.7. The van der Waals surface area contributed by atoms with Crippen LogP contribution >= 0.6 is 0 Å². The molecule has 0 amide bonds. The lowest BCUT2D eigenvalue weighted by Gasteiger charge is -2.02. The first-order valence-electron chi connectivity index (χ1n) is 2.85. The Kier molecular flexibility index (Phi) is 1.76. The van der Waals surface area contributed by atoms with Gasteiger partial charge in [0.15, 0.2) is 6.10 Å². The van der Waals surface area contributed by atoms with Gasteiger partial charge in [-0.05, 0) is 6.08 Å². The molecule has 0 heterocycles. The molecule has 0 saturated carbocycles. The Balaban J connectivity index is 3.00. The van der Waals surface area contributed by atoms with Crippen molar-refractivity contribution in [2.75, 3.05) is 0 Å². The van der Waals surface area contributed by atoms with Gasteiger partial charge in [-0.15, -0.1) is 0 Å². The topological polar surface area (TPSA) is 73.7 Å². The SMILES string of the molecule is [N-]=[N+]=C1C(=O)CC=CC1O. The minimum atomic E-state index is -1.04. The molecule has 0 aromatic carbocycles. The lowest BCUT2D eigenvalue weighted by atomic mass is 10.0. The van der Waals surface area contributed by atoms with Crippen LogP contribution in [-0.4, -0.2) is 27.5 Å². The van der Waals surface area contributed by atoms with Crippen LogP contribution in [0, 0.1) is 0 Å². The van der Waals surface area contributed by atoms with Crippen LogP contribution in [0.2, 0.25) is 0 Å². The van der Waals surface area contributed by atoms with E-state index < -0.39 is 6.10 Å². The molecule has 0 bridgehead atoms. The van der Waals surface area contributed by atoms with Crippen LogP contribution < -0.4 is 0 Å². The molecule has 0 aliphatic heterocycles. The summed E-state index contributed by atoms with van der Waals surface area (Å²) in [6.45, 7) is 0. The second-order valence-electron chi connectivity index (χ2n) is 1.99. The highest BCUT2D eigenvalue weighted by atomic mass is 16.3. The number of carbonyl (C=O) groups is 1. The van der Waals surface area contributed by atoms with Crippen LogP contribution in [0.5, 0.6) is 0 Å². The van der Waals surface area contributed by atoms with E-state index >= 15 is 0 Å². The molecule has 1 rings (SSSR count). The quantitative estimate of drug-likeness (QED) is 0.279. The van der Waals surface area contributed by atoms with Crippen molar-refractivity contribution >= 4 is 11.5 Å². The van der Waals surface area contributed by atoms with Crippen molar-refractivity contribution in [2.45, 2.75) is 12.5 Å². The molecule has 0 spiro atoms. The van der Waals surface area contributed by atoms with Crippen molar-refractivity contribution in [2.24, 2.45) is 0 Å². The first-order chi connectivity index (χ1) is 4.75. The number of Topliss-reactive ketones (excluding diaryl/α,β-unsaturated/α-hetero) is 1. The summed E-state index contributed by atoms with van der Waals surface area (Å²) in [5.41, 5.74) is 8.03. The van der Waals surface area contributed by atoms with Gasteiger partial charge in [-0.2, -0.15) is 4.79 Å². The fourth-order valence-corrected chi connectivity index (χ4v) is 0.780. The maximum Gasteiger partial charge on any atom is 0.366 e. The zero-order chi connectivity index (χ0) is 7.56. The van der Waals surface area contributed by atoms with Crippen molar-refractivity contribution in [3.63, 3.8) is 0 Å². The zero-order valence-corrected chi connectivity index (χ0v) is 5.19. The first kappa shape index (κ1) is 6.86. The van der Waals surface area contributed by atoms with Gasteiger partial charge in [0.2, 0.25) is 5.78 Å². The summed E-state index contributed by atoms with van der Waals surface area (Å²) in [4.78, 5) is 13.4. The third kappa shape index (κ3) is 1.03. The molecule has 1 atom stereocenters. The highest BCUT2D eigenvalue weighted by molar-refractivity contribution is 6.40. The van der Waals surface area contributed by atoms with E-state index in [1.807, 2.05) is 0 Å². The third-order valence-electron chi connectivity index (χ3n) is 1.30. The smallest absolute Gasteiger partial charge is 0.366 e. The average molecular weight is 138 g/mol. The number of carbonyl (C=O) groups excluding carboxylic acids is 1. The molecule has 0 aromatic heterocycles. The summed E-state index contributed by atoms with van der Waals surface area (Å²) in [6.07, 6.45) is 2.13. The number of hydrogen-bond donors (Lipinski definition) is 1. The normalized spacial score (nSPS) is 24.7. The van der Waals surface area contributed by atoms with Crippen LogP contribution in [0.15, 0.2) is 12.2 Å². The number of rotatable bonds is 0. The Bertz CT molecular complexity index is 238. The molecule has 4 nitrogen and oxygen atoms in total. The summed E-state index contributed by atoms with van der Waals surface area (Å²) < 4.78 is 0. The Morgan fingerprint density at radius 2 is 2.50 bits per heavy atom. The largest absolute Gasteiger partial charge is 0.377 e. The van der Waals surface area contributed by atoms with Gasteiger partial charge in [-0.3, -0.25) is 4.79 Å². The van der Waals surface area contributed by atoms with Crippen LogP contribution in [0.1, 0.15) is 6.42 Å². The van der Waals surface area contributed by atoms with E-state index in [9.17, 15) is 4.79 Å². The third-order valence-corrected chi connectivity index (χ3v) is 1.30. The number of allylic oxidation sites excluding steroid dienone is 1. The highest BCUT2D eigenvalue weighted by Gasteiger charge is 2.29. The average Bonchev–Trinajstić information content (AvgIpc) is 1.88. The predicted molar refractivity (Wildman–Crippen MR) is 33.4 cm³/mol. The molecule has 1 aliphatic carbocycles. The van der Waals surface area contributed by atoms with Gasteiger partial charge >= 0.3 is 5.71 Å². The first-order valence-corrected chi connectivity index (χ1v) is 2.85. The lowest BCUT2D eigenvalue weighted by molar-refractivity contribution is -0.118. The Morgan fingerprint density at radius 1 is 1.80 bits per heavy atom. The van der Waals surface area contributed by atoms with Crippen molar-refractivity contribution in [1.29, 1.82) is 0 Å². The van der Waals surface area contributed by atoms with Crippen LogP contribution in [0.4, 0.5) is 0 Å². The number of ketones is 1. The molecule has 1 unspecified atom stereocenters. The molecule has 0 aromatic rings. The molecule has 52 valence electrons. The molecule has 1 N–H and O–H groups in total. The fraction of sp³-hybridized carbons (Fsp3) is 0.333. The van der Waals surface area contributed by atoms with E-state index in [1.54, 1.807) is 6.08 Å². The van der Waals surface area contributed by atoms with E-state index in [2.05, 4.69) is 4.79 Å². The zero-order valence-electron chi connectivity index (χ0n) is 5.19. The van der Waals surface area contributed by atoms with Crippen molar-refractivity contribution in [3.8, 4) is 0 Å². The van der Waals surface area contributed by atoms with Gasteiger partial charge in [0.05, 0.1) is 0 Å². The standard InChI is InChI=1S/C6H6N2O2/c7-8-6-4(9)2-1-3-5(6)10/h1-2,4,9H,3H2. The Hall–Kier alpha value is -1.25. The second kappa shape index (κ2) is 2.56. The van der Waals surface area contributed by atoms with Crippen LogP contribution in [-0.2, 0) is 4.79 Å². The molecule has 0 radical (unpaired) electrons. The van der Waals surface area contributed by atoms with Crippen LogP contribution in [0.25, 0.3) is 5.53 Å². The summed E-state index contributed by atoms with van der Waals surface area (Å²) in [7, 11) is 0. The van der Waals surface area contributed by atoms with Gasteiger partial charge in [0.25, 0.3) is 0 Å². The fourth-order valence-electron chi connectivity index (χ4n) is 0.780. The monoisotopic (exact) mass is 138 g/mol. The Morgan fingerprint density at radius 3 is 2.90 bits per heavy atom. The molecule has 0 fully saturated rings. The predicted octanol–water partition coefficient (Wildman–Crippen LogP) is -0.453. The van der Waals surface area contributed by atoms with Crippen molar-refractivity contribution < 1.29 is 14.7 Å². The van der Waals surface area contributed by atoms with E-state index in [4.69, 9.17) is 10.6 Å². The van der Waals surface area contributed by atoms with E-state index in [0.717, 1.165) is 0 Å². The summed E-state index contributed by atoms with van der Waals surface area (Å²) in [6, 6.07) is 0. The maximum atomic E-state index is 10.7. The Labute approximate surface area is 57.4 Å². The minimum Gasteiger partial charge on any atom is -0.377 e. The molecule has 1 aliphatic rings. The van der Waals surface area contributed by atoms with Gasteiger partial charge in [0, 0.05) is 6.42 Å². The van der Waals surface area contributed by atoms with E-state index in [-0.39, 0.29) is 17.9 Å². The van der Waals surface area contributed by atoms with Crippen molar-refractivity contribution in [1.82, 2.24) is 0 Å². The van der Waals surface area contributed by atoms with Gasteiger partial charge in [-0.25, -0.2) is 0 Å². The molecule has 10 heavy (non-hydrogen) atoms. The molecular weight excluding hydrogens is 132 g/mol. The summed E-state index contributed by atoms with van der Waals surface area (Å²) in [5, 5.41) is 8.94. The second-order valence-corrected chi connectivity index (χ2v) is 1.99. The lowest BCUT2D eigenvalue weighted by Crippen LogP contribution is -2.30. The van der Waals surface area contributed by atoms with Gasteiger partial charge in [0.1, 0.15) is 0 Å². The molecule has 0 saturated heterocycles. The van der Waals surface area contributed by atoms with E-state index in [0.29, 0.717) is 0 Å². The number of nitrogens with zero attached hydrogens (tertiary/aromatic N) is 2. The highest BCUT2D eigenvalue weighted by Crippen LogP contribution is 2.02. The van der Waals surface area contributed by atoms with Crippen molar-refractivity contribution in [3.05, 3.63) is 17.7 Å². The summed E-state index contributed by atoms with van der Waals surface area (Å²) >= 11 is 0. The van der Waals surface area contributed by atoms with Crippen LogP contribution in [0.3, 0.4) is 0 Å².